The van der Waals surface area contributed by atoms with Gasteiger partial charge in [0, 0.05) is 31.4 Å². The van der Waals surface area contributed by atoms with Gasteiger partial charge in [0.15, 0.2) is 0 Å². The summed E-state index contributed by atoms with van der Waals surface area (Å²) in [6.07, 6.45) is 4.47. The van der Waals surface area contributed by atoms with E-state index in [9.17, 15) is 4.79 Å². The number of nitrogens with zero attached hydrogens (tertiary/aromatic N) is 4. The first-order chi connectivity index (χ1) is 16.5. The Kier molecular flexibility index (Phi) is 5.79. The molecule has 3 N–H and O–H groups in total. The van der Waals surface area contributed by atoms with Crippen LogP contribution in [0.25, 0.3) is 22.2 Å². The summed E-state index contributed by atoms with van der Waals surface area (Å²) in [7, 11) is 1.61. The number of fused-ring (bicyclic) bond motifs is 1. The SMILES string of the molecule is CN(CC1CC(n2cc(-c3cccc(OCc4ccccc4)c3)c3c(N)ncnc32)C1)C(=O)O. The second kappa shape index (κ2) is 9.05. The van der Waals surface area contributed by atoms with Gasteiger partial charge in [0.2, 0.25) is 0 Å². The molecule has 0 spiro atoms. The highest BCUT2D eigenvalue weighted by Crippen LogP contribution is 2.43. The molecule has 1 aliphatic rings. The van der Waals surface area contributed by atoms with E-state index in [4.69, 9.17) is 15.6 Å². The van der Waals surface area contributed by atoms with Crippen molar-refractivity contribution in [3.63, 3.8) is 0 Å². The van der Waals surface area contributed by atoms with Crippen LogP contribution in [-0.2, 0) is 6.61 Å². The summed E-state index contributed by atoms with van der Waals surface area (Å²) in [5, 5.41) is 9.97. The molecule has 0 aliphatic heterocycles. The third kappa shape index (κ3) is 4.26. The number of aromatic nitrogens is 3. The molecule has 1 fully saturated rings. The van der Waals surface area contributed by atoms with E-state index in [0.29, 0.717) is 24.9 Å². The topological polar surface area (TPSA) is 107 Å². The molecule has 2 aromatic heterocycles. The second-order valence-electron chi connectivity index (χ2n) is 8.86. The van der Waals surface area contributed by atoms with Gasteiger partial charge in [-0.3, -0.25) is 0 Å². The lowest BCUT2D eigenvalue weighted by Crippen LogP contribution is -2.37. The molecule has 34 heavy (non-hydrogen) atoms. The molecule has 0 bridgehead atoms. The van der Waals surface area contributed by atoms with E-state index in [0.717, 1.165) is 46.3 Å². The van der Waals surface area contributed by atoms with Gasteiger partial charge in [0.25, 0.3) is 0 Å². The zero-order valence-corrected chi connectivity index (χ0v) is 19.0. The molecule has 174 valence electrons. The molecule has 5 rings (SSSR count). The molecule has 1 amide bonds. The normalized spacial score (nSPS) is 17.3. The molecular weight excluding hydrogens is 430 g/mol. The summed E-state index contributed by atoms with van der Waals surface area (Å²) in [5.74, 6) is 1.55. The van der Waals surface area contributed by atoms with Gasteiger partial charge in [-0.1, -0.05) is 42.5 Å². The van der Waals surface area contributed by atoms with Crippen molar-refractivity contribution in [3.05, 3.63) is 72.7 Å². The zero-order valence-electron chi connectivity index (χ0n) is 19.0. The Morgan fingerprint density at radius 3 is 2.74 bits per heavy atom. The van der Waals surface area contributed by atoms with Gasteiger partial charge in [-0.25, -0.2) is 14.8 Å². The van der Waals surface area contributed by atoms with Crippen LogP contribution in [-0.4, -0.2) is 44.2 Å². The van der Waals surface area contributed by atoms with Crippen molar-refractivity contribution in [2.24, 2.45) is 5.92 Å². The minimum Gasteiger partial charge on any atom is -0.489 e. The molecule has 8 nitrogen and oxygen atoms in total. The number of benzene rings is 2. The van der Waals surface area contributed by atoms with Crippen LogP contribution < -0.4 is 10.5 Å². The number of anilines is 1. The van der Waals surface area contributed by atoms with E-state index in [1.165, 1.54) is 11.2 Å². The zero-order chi connectivity index (χ0) is 23.7. The third-order valence-corrected chi connectivity index (χ3v) is 6.49. The van der Waals surface area contributed by atoms with Gasteiger partial charge in [0.05, 0.1) is 5.39 Å². The number of nitrogen functional groups attached to an aromatic ring is 1. The summed E-state index contributed by atoms with van der Waals surface area (Å²) in [4.78, 5) is 21.3. The van der Waals surface area contributed by atoms with Crippen molar-refractivity contribution in [3.8, 4) is 16.9 Å². The summed E-state index contributed by atoms with van der Waals surface area (Å²) in [5.41, 5.74) is 10.2. The smallest absolute Gasteiger partial charge is 0.407 e. The number of amides is 1. The largest absolute Gasteiger partial charge is 0.489 e. The molecule has 4 aromatic rings. The van der Waals surface area contributed by atoms with Gasteiger partial charge in [-0.05, 0) is 42.0 Å². The van der Waals surface area contributed by atoms with Crippen molar-refractivity contribution in [2.75, 3.05) is 19.3 Å². The maximum absolute atomic E-state index is 11.1. The first-order valence-electron chi connectivity index (χ1n) is 11.3. The molecule has 2 aromatic carbocycles. The van der Waals surface area contributed by atoms with Gasteiger partial charge >= 0.3 is 6.09 Å². The Hall–Kier alpha value is -4.07. The minimum absolute atomic E-state index is 0.246. The van der Waals surface area contributed by atoms with E-state index in [2.05, 4.69) is 20.7 Å². The highest BCUT2D eigenvalue weighted by Gasteiger charge is 2.33. The predicted octanol–water partition coefficient (Wildman–Crippen LogP) is 4.82. The van der Waals surface area contributed by atoms with Crippen molar-refractivity contribution < 1.29 is 14.6 Å². The number of hydrogen-bond donors (Lipinski definition) is 2. The Morgan fingerprint density at radius 1 is 1.18 bits per heavy atom. The van der Waals surface area contributed by atoms with Crippen LogP contribution in [0.5, 0.6) is 5.75 Å². The summed E-state index contributed by atoms with van der Waals surface area (Å²) in [6, 6.07) is 18.3. The lowest BCUT2D eigenvalue weighted by molar-refractivity contribution is 0.119. The molecule has 2 heterocycles. The predicted molar refractivity (Wildman–Crippen MR) is 131 cm³/mol. The number of carbonyl (C=O) groups is 1. The fourth-order valence-corrected chi connectivity index (χ4v) is 4.64. The minimum atomic E-state index is -0.896. The van der Waals surface area contributed by atoms with E-state index in [1.807, 2.05) is 54.6 Å². The molecule has 0 unspecified atom stereocenters. The maximum Gasteiger partial charge on any atom is 0.407 e. The Morgan fingerprint density at radius 2 is 1.97 bits per heavy atom. The first-order valence-corrected chi connectivity index (χ1v) is 11.3. The van der Waals surface area contributed by atoms with E-state index < -0.39 is 6.09 Å². The average molecular weight is 458 g/mol. The van der Waals surface area contributed by atoms with E-state index >= 15 is 0 Å². The van der Waals surface area contributed by atoms with Crippen molar-refractivity contribution >= 4 is 22.9 Å². The van der Waals surface area contributed by atoms with Gasteiger partial charge in [0.1, 0.15) is 30.1 Å². The van der Waals surface area contributed by atoms with Crippen molar-refractivity contribution in [2.45, 2.75) is 25.5 Å². The fraction of sp³-hybridized carbons (Fsp3) is 0.269. The summed E-state index contributed by atoms with van der Waals surface area (Å²) >= 11 is 0. The molecular formula is C26H27N5O3. The lowest BCUT2D eigenvalue weighted by Gasteiger charge is -2.38. The molecule has 0 saturated heterocycles. The monoisotopic (exact) mass is 457 g/mol. The first kappa shape index (κ1) is 21.8. The Bertz CT molecular complexity index is 1310. The average Bonchev–Trinajstić information content (AvgIpc) is 3.21. The molecule has 0 radical (unpaired) electrons. The number of rotatable bonds is 7. The van der Waals surface area contributed by atoms with E-state index in [1.54, 1.807) is 7.05 Å². The van der Waals surface area contributed by atoms with Crippen molar-refractivity contribution in [1.29, 1.82) is 0 Å². The van der Waals surface area contributed by atoms with E-state index in [-0.39, 0.29) is 6.04 Å². The highest BCUT2D eigenvalue weighted by molar-refractivity contribution is 6.00. The summed E-state index contributed by atoms with van der Waals surface area (Å²) < 4.78 is 8.20. The van der Waals surface area contributed by atoms with Crippen LogP contribution in [0.2, 0.25) is 0 Å². The quantitative estimate of drug-likeness (QED) is 0.412. The molecule has 8 heteroatoms. The van der Waals surface area contributed by atoms with Gasteiger partial charge in [-0.2, -0.15) is 0 Å². The van der Waals surface area contributed by atoms with Gasteiger partial charge in [-0.15, -0.1) is 0 Å². The van der Waals surface area contributed by atoms with Crippen LogP contribution in [0.4, 0.5) is 10.6 Å². The fourth-order valence-electron chi connectivity index (χ4n) is 4.64. The van der Waals surface area contributed by atoms with Crippen molar-refractivity contribution in [1.82, 2.24) is 19.4 Å². The third-order valence-electron chi connectivity index (χ3n) is 6.49. The number of carboxylic acid groups (broad SMARTS) is 1. The molecule has 1 aliphatic carbocycles. The van der Waals surface area contributed by atoms with Crippen LogP contribution >= 0.6 is 0 Å². The van der Waals surface area contributed by atoms with Gasteiger partial charge < -0.3 is 25.0 Å². The maximum atomic E-state index is 11.1. The molecule has 1 saturated carbocycles. The Balaban J connectivity index is 1.41. The van der Waals surface area contributed by atoms with Crippen LogP contribution in [0.15, 0.2) is 67.1 Å². The lowest BCUT2D eigenvalue weighted by atomic mass is 9.80. The molecule has 0 atom stereocenters. The summed E-state index contributed by atoms with van der Waals surface area (Å²) in [6.45, 7) is 1.03. The van der Waals surface area contributed by atoms with Crippen LogP contribution in [0.1, 0.15) is 24.4 Å². The van der Waals surface area contributed by atoms with Crippen LogP contribution in [0.3, 0.4) is 0 Å². The standard InChI is InChI=1S/C26H27N5O3/c1-30(26(32)33)13-18-10-20(11-18)31-14-22(23-24(27)28-16-29-25(23)31)19-8-5-9-21(12-19)34-15-17-6-3-2-4-7-17/h2-9,12,14,16,18,20H,10-11,13,15H2,1H3,(H,32,33)(H2,27,28,29). The number of hydrogen-bond acceptors (Lipinski definition) is 5. The number of nitrogens with two attached hydrogens (primary N) is 1. The highest BCUT2D eigenvalue weighted by atomic mass is 16.5. The Labute approximate surface area is 197 Å². The number of ether oxygens (including phenoxy) is 1. The second-order valence-corrected chi connectivity index (χ2v) is 8.86. The van der Waals surface area contributed by atoms with Crippen LogP contribution in [0, 0.1) is 5.92 Å².